The Morgan fingerprint density at radius 2 is 0.955 bits per heavy atom. The van der Waals surface area contributed by atoms with Crippen LogP contribution in [-0.4, -0.2) is 4.21 Å². The maximum absolute atomic E-state index is 13.3. The quantitative estimate of drug-likeness (QED) is 0.720. The molecule has 0 saturated carbocycles. The highest BCUT2D eigenvalue weighted by molar-refractivity contribution is 7.85. The number of benzene rings is 2. The van der Waals surface area contributed by atoms with Crippen molar-refractivity contribution < 1.29 is 4.21 Å². The molecule has 2 heteroatoms. The van der Waals surface area contributed by atoms with Crippen molar-refractivity contribution in [3.8, 4) is 0 Å². The van der Waals surface area contributed by atoms with Crippen molar-refractivity contribution in [3.63, 3.8) is 0 Å². The molecule has 2 aromatic rings. The molecule has 0 unspecified atom stereocenters. The lowest BCUT2D eigenvalue weighted by atomic mass is 9.87. The average Bonchev–Trinajstić information content (AvgIpc) is 2.45. The van der Waals surface area contributed by atoms with Crippen molar-refractivity contribution in [3.05, 3.63) is 59.7 Å². The molecule has 22 heavy (non-hydrogen) atoms. The third-order valence-corrected chi connectivity index (χ3v) is 5.30. The topological polar surface area (TPSA) is 17.1 Å². The van der Waals surface area contributed by atoms with Gasteiger partial charge in [0.05, 0.1) is 10.8 Å². The minimum atomic E-state index is -1.16. The first-order valence-corrected chi connectivity index (χ1v) is 8.88. The van der Waals surface area contributed by atoms with Crippen LogP contribution >= 0.6 is 0 Å². The molecule has 0 bridgehead atoms. The standard InChI is InChI=1S/C20H26OS/c1-19(2,3)15-11-7-9-13-17(15)22(21)18-14-10-8-12-16(18)20(4,5)6/h7-14H,1-6H3. The van der Waals surface area contributed by atoms with Gasteiger partial charge < -0.3 is 0 Å². The third-order valence-electron chi connectivity index (χ3n) is 3.79. The zero-order valence-electron chi connectivity index (χ0n) is 14.4. The lowest BCUT2D eigenvalue weighted by Gasteiger charge is -2.25. The lowest BCUT2D eigenvalue weighted by Crippen LogP contribution is -2.18. The largest absolute Gasteiger partial charge is 0.249 e. The Hall–Kier alpha value is -1.41. The molecule has 0 N–H and O–H groups in total. The highest BCUT2D eigenvalue weighted by Gasteiger charge is 2.25. The van der Waals surface area contributed by atoms with Gasteiger partial charge in [-0.1, -0.05) is 77.9 Å². The van der Waals surface area contributed by atoms with E-state index in [4.69, 9.17) is 0 Å². The minimum Gasteiger partial charge on any atom is -0.249 e. The van der Waals surface area contributed by atoms with E-state index in [0.717, 1.165) is 20.9 Å². The molecule has 0 radical (unpaired) electrons. The van der Waals surface area contributed by atoms with Gasteiger partial charge in [-0.15, -0.1) is 0 Å². The number of hydrogen-bond acceptors (Lipinski definition) is 1. The van der Waals surface area contributed by atoms with Gasteiger partial charge in [-0.3, -0.25) is 0 Å². The van der Waals surface area contributed by atoms with E-state index in [1.807, 2.05) is 36.4 Å². The van der Waals surface area contributed by atoms with Crippen LogP contribution in [0.25, 0.3) is 0 Å². The number of hydrogen-bond donors (Lipinski definition) is 0. The van der Waals surface area contributed by atoms with E-state index in [1.165, 1.54) is 0 Å². The van der Waals surface area contributed by atoms with E-state index in [1.54, 1.807) is 0 Å². The van der Waals surface area contributed by atoms with Crippen LogP contribution in [0.15, 0.2) is 58.3 Å². The van der Waals surface area contributed by atoms with Crippen LogP contribution in [0.1, 0.15) is 52.7 Å². The van der Waals surface area contributed by atoms with E-state index in [2.05, 4.69) is 53.7 Å². The second-order valence-corrected chi connectivity index (χ2v) is 9.18. The second-order valence-electron chi connectivity index (χ2n) is 7.76. The summed E-state index contributed by atoms with van der Waals surface area (Å²) in [4.78, 5) is 1.85. The Morgan fingerprint density at radius 3 is 1.27 bits per heavy atom. The molecule has 0 heterocycles. The van der Waals surface area contributed by atoms with Gasteiger partial charge in [0.1, 0.15) is 0 Å². The van der Waals surface area contributed by atoms with Crippen LogP contribution in [0, 0.1) is 0 Å². The molecule has 0 atom stereocenters. The molecule has 0 aliphatic heterocycles. The Kier molecular flexibility index (Phi) is 4.62. The smallest absolute Gasteiger partial charge is 0.0855 e. The molecule has 2 rings (SSSR count). The van der Waals surface area contributed by atoms with Crippen molar-refractivity contribution >= 4 is 10.8 Å². The molecule has 0 aliphatic carbocycles. The summed E-state index contributed by atoms with van der Waals surface area (Å²) in [5, 5.41) is 0. The van der Waals surface area contributed by atoms with Crippen LogP contribution in [0.4, 0.5) is 0 Å². The zero-order chi connectivity index (χ0) is 16.5. The fourth-order valence-electron chi connectivity index (χ4n) is 2.61. The molecular formula is C20H26OS. The first-order valence-electron chi connectivity index (χ1n) is 7.73. The predicted molar refractivity (Wildman–Crippen MR) is 95.0 cm³/mol. The summed E-state index contributed by atoms with van der Waals surface area (Å²) >= 11 is 0. The zero-order valence-corrected chi connectivity index (χ0v) is 15.3. The molecule has 0 fully saturated rings. The predicted octanol–water partition coefficient (Wildman–Crippen LogP) is 5.45. The van der Waals surface area contributed by atoms with Crippen molar-refractivity contribution in [1.82, 2.24) is 0 Å². The molecule has 0 saturated heterocycles. The van der Waals surface area contributed by atoms with Crippen molar-refractivity contribution in [2.24, 2.45) is 0 Å². The van der Waals surface area contributed by atoms with Gasteiger partial charge in [0.25, 0.3) is 0 Å². The van der Waals surface area contributed by atoms with Gasteiger partial charge in [-0.05, 0) is 34.1 Å². The minimum absolute atomic E-state index is 0.0249. The van der Waals surface area contributed by atoms with Gasteiger partial charge in [-0.2, -0.15) is 0 Å². The maximum atomic E-state index is 13.3. The molecule has 0 aliphatic rings. The lowest BCUT2D eigenvalue weighted by molar-refractivity contribution is 0.569. The summed E-state index contributed by atoms with van der Waals surface area (Å²) < 4.78 is 13.3. The third kappa shape index (κ3) is 3.49. The number of rotatable bonds is 2. The van der Waals surface area contributed by atoms with Crippen molar-refractivity contribution in [2.75, 3.05) is 0 Å². The Balaban J connectivity index is 2.61. The van der Waals surface area contributed by atoms with E-state index in [-0.39, 0.29) is 10.8 Å². The highest BCUT2D eigenvalue weighted by atomic mass is 32.2. The molecule has 0 aromatic heterocycles. The van der Waals surface area contributed by atoms with Crippen LogP contribution in [0.3, 0.4) is 0 Å². The molecule has 0 spiro atoms. The van der Waals surface area contributed by atoms with Gasteiger partial charge in [0.2, 0.25) is 0 Å². The summed E-state index contributed by atoms with van der Waals surface area (Å²) in [6.45, 7) is 13.0. The summed E-state index contributed by atoms with van der Waals surface area (Å²) in [6.07, 6.45) is 0. The molecule has 2 aromatic carbocycles. The molecule has 118 valence electrons. The summed E-state index contributed by atoms with van der Waals surface area (Å²) in [5.41, 5.74) is 2.25. The first kappa shape index (κ1) is 17.0. The SMILES string of the molecule is CC(C)(C)c1ccccc1S(=O)c1ccccc1C(C)(C)C. The van der Waals surface area contributed by atoms with E-state index in [9.17, 15) is 4.21 Å². The summed E-state index contributed by atoms with van der Waals surface area (Å²) in [6, 6.07) is 16.2. The monoisotopic (exact) mass is 314 g/mol. The molecule has 1 nitrogen and oxygen atoms in total. The Labute approximate surface area is 137 Å². The molecular weight excluding hydrogens is 288 g/mol. The molecule has 0 amide bonds. The van der Waals surface area contributed by atoms with E-state index in [0.29, 0.717) is 0 Å². The van der Waals surface area contributed by atoms with Gasteiger partial charge in [0.15, 0.2) is 0 Å². The highest BCUT2D eigenvalue weighted by Crippen LogP contribution is 2.34. The van der Waals surface area contributed by atoms with Gasteiger partial charge in [0, 0.05) is 9.79 Å². The van der Waals surface area contributed by atoms with E-state index >= 15 is 0 Å². The normalized spacial score (nSPS) is 12.7. The summed E-state index contributed by atoms with van der Waals surface area (Å²) in [7, 11) is -1.16. The first-order chi connectivity index (χ1) is 10.1. The second kappa shape index (κ2) is 6.00. The van der Waals surface area contributed by atoms with Crippen LogP contribution in [0.2, 0.25) is 0 Å². The Bertz CT molecular complexity index is 628. The maximum Gasteiger partial charge on any atom is 0.0855 e. The van der Waals surface area contributed by atoms with Crippen LogP contribution in [-0.2, 0) is 21.6 Å². The van der Waals surface area contributed by atoms with Crippen molar-refractivity contribution in [1.29, 1.82) is 0 Å². The van der Waals surface area contributed by atoms with Crippen LogP contribution < -0.4 is 0 Å². The average molecular weight is 314 g/mol. The fourth-order valence-corrected chi connectivity index (χ4v) is 4.40. The summed E-state index contributed by atoms with van der Waals surface area (Å²) in [5.74, 6) is 0. The van der Waals surface area contributed by atoms with Gasteiger partial charge in [-0.25, -0.2) is 4.21 Å². The van der Waals surface area contributed by atoms with Crippen LogP contribution in [0.5, 0.6) is 0 Å². The van der Waals surface area contributed by atoms with E-state index < -0.39 is 10.8 Å². The van der Waals surface area contributed by atoms with Crippen molar-refractivity contribution in [2.45, 2.75) is 62.2 Å². The van der Waals surface area contributed by atoms with Gasteiger partial charge >= 0.3 is 0 Å². The fraction of sp³-hybridized carbons (Fsp3) is 0.400. The Morgan fingerprint density at radius 1 is 0.636 bits per heavy atom.